The summed E-state index contributed by atoms with van der Waals surface area (Å²) in [5.74, 6) is -1.57. The van der Waals surface area contributed by atoms with Gasteiger partial charge in [-0.1, -0.05) is 37.1 Å². The Morgan fingerprint density at radius 3 is 2.25 bits per heavy atom. The molecule has 4 rings (SSSR count). The summed E-state index contributed by atoms with van der Waals surface area (Å²) in [5.41, 5.74) is 0.497. The lowest BCUT2D eigenvalue weighted by Crippen LogP contribution is -2.38. The van der Waals surface area contributed by atoms with Crippen molar-refractivity contribution in [3.8, 4) is 0 Å². The van der Waals surface area contributed by atoms with Crippen molar-refractivity contribution in [3.05, 3.63) is 71.0 Å². The van der Waals surface area contributed by atoms with Crippen LogP contribution in [-0.4, -0.2) is 35.8 Å². The molecular formula is C22H20FNO4. The van der Waals surface area contributed by atoms with Crippen molar-refractivity contribution < 1.29 is 23.5 Å². The summed E-state index contributed by atoms with van der Waals surface area (Å²) in [5, 5.41) is 0. The highest BCUT2D eigenvalue weighted by Crippen LogP contribution is 2.42. The highest BCUT2D eigenvalue weighted by Gasteiger charge is 2.44. The number of hydrogen-bond acceptors (Lipinski definition) is 4. The molecule has 28 heavy (non-hydrogen) atoms. The van der Waals surface area contributed by atoms with Crippen LogP contribution in [-0.2, 0) is 14.9 Å². The first-order chi connectivity index (χ1) is 13.5. The molecule has 2 amide bonds. The zero-order valence-electron chi connectivity index (χ0n) is 15.3. The second kappa shape index (κ2) is 7.19. The molecule has 2 aromatic carbocycles. The van der Waals surface area contributed by atoms with Crippen molar-refractivity contribution in [1.82, 2.24) is 4.90 Å². The standard InChI is InChI=1S/C22H20FNO4/c23-16-7-5-6-15(14-16)22(10-3-4-11-22)21(27)28-13-12-24-19(25)17-8-1-2-9-18(17)20(24)26/h1-2,5-9,14H,3-4,10-13H2. The fourth-order valence-corrected chi connectivity index (χ4v) is 4.19. The summed E-state index contributed by atoms with van der Waals surface area (Å²) in [6, 6.07) is 12.7. The first kappa shape index (κ1) is 18.3. The number of ether oxygens (including phenoxy) is 1. The van der Waals surface area contributed by atoms with E-state index in [-0.39, 0.29) is 30.8 Å². The van der Waals surface area contributed by atoms with Gasteiger partial charge < -0.3 is 4.74 Å². The van der Waals surface area contributed by atoms with Gasteiger partial charge in [-0.3, -0.25) is 19.3 Å². The second-order valence-corrected chi connectivity index (χ2v) is 7.24. The Hall–Kier alpha value is -3.02. The monoisotopic (exact) mass is 381 g/mol. The molecular weight excluding hydrogens is 361 g/mol. The predicted molar refractivity (Wildman–Crippen MR) is 99.3 cm³/mol. The molecule has 2 aromatic rings. The van der Waals surface area contributed by atoms with E-state index in [1.165, 1.54) is 12.1 Å². The van der Waals surface area contributed by atoms with Crippen molar-refractivity contribution in [1.29, 1.82) is 0 Å². The third-order valence-corrected chi connectivity index (χ3v) is 5.65. The van der Waals surface area contributed by atoms with E-state index in [0.717, 1.165) is 17.7 Å². The number of hydrogen-bond donors (Lipinski definition) is 0. The molecule has 1 aliphatic carbocycles. The lowest BCUT2D eigenvalue weighted by molar-refractivity contribution is -0.150. The van der Waals surface area contributed by atoms with E-state index in [1.807, 2.05) is 0 Å². The lowest BCUT2D eigenvalue weighted by Gasteiger charge is -2.27. The maximum Gasteiger partial charge on any atom is 0.316 e. The van der Waals surface area contributed by atoms with Crippen LogP contribution in [0.3, 0.4) is 0 Å². The summed E-state index contributed by atoms with van der Waals surface area (Å²) in [7, 11) is 0. The van der Waals surface area contributed by atoms with E-state index >= 15 is 0 Å². The Kier molecular flexibility index (Phi) is 4.71. The van der Waals surface area contributed by atoms with E-state index in [9.17, 15) is 18.8 Å². The van der Waals surface area contributed by atoms with Gasteiger partial charge in [-0.25, -0.2) is 4.39 Å². The minimum Gasteiger partial charge on any atom is -0.463 e. The molecule has 0 unspecified atom stereocenters. The number of benzene rings is 2. The average Bonchev–Trinajstić information content (AvgIpc) is 3.29. The number of imide groups is 1. The molecule has 1 saturated carbocycles. The Balaban J connectivity index is 1.44. The summed E-state index contributed by atoms with van der Waals surface area (Å²) >= 11 is 0. The second-order valence-electron chi connectivity index (χ2n) is 7.24. The first-order valence-electron chi connectivity index (χ1n) is 9.41. The number of amides is 2. The Morgan fingerprint density at radius 2 is 1.64 bits per heavy atom. The molecule has 0 atom stereocenters. The zero-order chi connectivity index (χ0) is 19.7. The predicted octanol–water partition coefficient (Wildman–Crippen LogP) is 3.48. The zero-order valence-corrected chi connectivity index (χ0v) is 15.3. The van der Waals surface area contributed by atoms with Crippen LogP contribution < -0.4 is 0 Å². The number of halogens is 1. The van der Waals surface area contributed by atoms with Gasteiger partial charge >= 0.3 is 5.97 Å². The molecule has 0 bridgehead atoms. The SMILES string of the molecule is O=C1c2ccccc2C(=O)N1CCOC(=O)C1(c2cccc(F)c2)CCCC1. The van der Waals surface area contributed by atoms with Crippen LogP contribution in [0.15, 0.2) is 48.5 Å². The van der Waals surface area contributed by atoms with Gasteiger partial charge in [0.15, 0.2) is 0 Å². The average molecular weight is 381 g/mol. The van der Waals surface area contributed by atoms with Crippen LogP contribution in [0.1, 0.15) is 52.0 Å². The van der Waals surface area contributed by atoms with Crippen LogP contribution >= 0.6 is 0 Å². The van der Waals surface area contributed by atoms with Gasteiger partial charge in [0.2, 0.25) is 0 Å². The molecule has 5 nitrogen and oxygen atoms in total. The molecule has 144 valence electrons. The van der Waals surface area contributed by atoms with Crippen LogP contribution in [0.5, 0.6) is 0 Å². The van der Waals surface area contributed by atoms with Gasteiger partial charge in [-0.15, -0.1) is 0 Å². The molecule has 1 fully saturated rings. The summed E-state index contributed by atoms with van der Waals surface area (Å²) in [6.45, 7) is -0.0846. The smallest absolute Gasteiger partial charge is 0.316 e. The summed E-state index contributed by atoms with van der Waals surface area (Å²) in [4.78, 5) is 38.8. The quantitative estimate of drug-likeness (QED) is 0.588. The maximum atomic E-state index is 13.7. The highest BCUT2D eigenvalue weighted by atomic mass is 19.1. The number of esters is 1. The van der Waals surface area contributed by atoms with E-state index in [2.05, 4.69) is 0 Å². The number of fused-ring (bicyclic) bond motifs is 1. The number of carbonyl (C=O) groups excluding carboxylic acids is 3. The van der Waals surface area contributed by atoms with Crippen molar-refractivity contribution in [2.75, 3.05) is 13.2 Å². The van der Waals surface area contributed by atoms with Crippen LogP contribution in [0.4, 0.5) is 4.39 Å². The van der Waals surface area contributed by atoms with Gasteiger partial charge in [0.1, 0.15) is 12.4 Å². The van der Waals surface area contributed by atoms with E-state index < -0.39 is 11.4 Å². The van der Waals surface area contributed by atoms with Crippen LogP contribution in [0.25, 0.3) is 0 Å². The highest BCUT2D eigenvalue weighted by molar-refractivity contribution is 6.21. The topological polar surface area (TPSA) is 63.7 Å². The van der Waals surface area contributed by atoms with Crippen molar-refractivity contribution in [3.63, 3.8) is 0 Å². The minimum atomic E-state index is -0.857. The number of carbonyl (C=O) groups is 3. The fraction of sp³-hybridized carbons (Fsp3) is 0.318. The van der Waals surface area contributed by atoms with Crippen molar-refractivity contribution in [2.45, 2.75) is 31.1 Å². The molecule has 0 saturated heterocycles. The van der Waals surface area contributed by atoms with Crippen LogP contribution in [0.2, 0.25) is 0 Å². The van der Waals surface area contributed by atoms with E-state index in [4.69, 9.17) is 4.74 Å². The lowest BCUT2D eigenvalue weighted by atomic mass is 9.79. The molecule has 6 heteroatoms. The van der Waals surface area contributed by atoms with Gasteiger partial charge in [-0.05, 0) is 42.7 Å². The van der Waals surface area contributed by atoms with Gasteiger partial charge in [0.05, 0.1) is 23.1 Å². The summed E-state index contributed by atoms with van der Waals surface area (Å²) < 4.78 is 19.2. The third-order valence-electron chi connectivity index (χ3n) is 5.65. The van der Waals surface area contributed by atoms with Crippen LogP contribution in [0, 0.1) is 5.82 Å². The fourth-order valence-electron chi connectivity index (χ4n) is 4.19. The number of nitrogens with zero attached hydrogens (tertiary/aromatic N) is 1. The normalized spacial score (nSPS) is 17.7. The molecule has 0 N–H and O–H groups in total. The maximum absolute atomic E-state index is 13.7. The van der Waals surface area contributed by atoms with Gasteiger partial charge in [0.25, 0.3) is 11.8 Å². The Morgan fingerprint density at radius 1 is 1.00 bits per heavy atom. The molecule has 2 aliphatic rings. The largest absolute Gasteiger partial charge is 0.463 e. The van der Waals surface area contributed by atoms with Gasteiger partial charge in [-0.2, -0.15) is 0 Å². The van der Waals surface area contributed by atoms with Gasteiger partial charge in [0, 0.05) is 0 Å². The van der Waals surface area contributed by atoms with Crippen molar-refractivity contribution in [2.24, 2.45) is 0 Å². The number of rotatable bonds is 5. The Labute approximate surface area is 162 Å². The van der Waals surface area contributed by atoms with E-state index in [1.54, 1.807) is 36.4 Å². The van der Waals surface area contributed by atoms with E-state index in [0.29, 0.717) is 29.5 Å². The molecule has 1 aliphatic heterocycles. The minimum absolute atomic E-state index is 0.00266. The summed E-state index contributed by atoms with van der Waals surface area (Å²) in [6.07, 6.45) is 2.93. The molecule has 0 aromatic heterocycles. The third kappa shape index (κ3) is 2.99. The molecule has 0 radical (unpaired) electrons. The molecule has 0 spiro atoms. The first-order valence-corrected chi connectivity index (χ1v) is 9.41. The Bertz CT molecular complexity index is 914. The molecule has 1 heterocycles. The van der Waals surface area contributed by atoms with Crippen molar-refractivity contribution >= 4 is 17.8 Å².